The minimum Gasteiger partial charge on any atom is -0.492 e. The molecule has 5 nitrogen and oxygen atoms in total. The highest BCUT2D eigenvalue weighted by atomic mass is 16.5. The lowest BCUT2D eigenvalue weighted by Gasteiger charge is -2.27. The molecule has 0 saturated carbocycles. The average molecular weight is 318 g/mol. The molecule has 1 amide bonds. The Hall–Kier alpha value is -2.06. The van der Waals surface area contributed by atoms with Crippen LogP contribution in [0.25, 0.3) is 0 Å². The van der Waals surface area contributed by atoms with E-state index in [4.69, 9.17) is 9.47 Å². The Balaban J connectivity index is 2.87. The zero-order valence-corrected chi connectivity index (χ0v) is 14.4. The van der Waals surface area contributed by atoms with Gasteiger partial charge in [-0.1, -0.05) is 20.8 Å². The molecule has 23 heavy (non-hydrogen) atoms. The summed E-state index contributed by atoms with van der Waals surface area (Å²) in [6.07, 6.45) is 2.29. The molecule has 0 saturated heterocycles. The number of hydrogen-bond acceptors (Lipinski definition) is 4. The summed E-state index contributed by atoms with van der Waals surface area (Å²) in [5, 5.41) is 12.1. The maximum atomic E-state index is 12.5. The predicted octanol–water partition coefficient (Wildman–Crippen LogP) is 3.88. The standard InChI is InChI=1S/C18H26N2O3/c1-5-10-22-16-9-8-15(12-14(16)13-19)20-17(21)18(4,7-3)23-11-6-2/h8-9,12H,5-7,10-11H2,1-4H3,(H,20,21). The molecule has 0 bridgehead atoms. The summed E-state index contributed by atoms with van der Waals surface area (Å²) >= 11 is 0. The first-order valence-corrected chi connectivity index (χ1v) is 8.13. The molecule has 0 aliphatic heterocycles. The fraction of sp³-hybridized carbons (Fsp3) is 0.556. The van der Waals surface area contributed by atoms with E-state index in [0.717, 1.165) is 12.8 Å². The summed E-state index contributed by atoms with van der Waals surface area (Å²) in [4.78, 5) is 12.5. The third kappa shape index (κ3) is 5.26. The van der Waals surface area contributed by atoms with E-state index < -0.39 is 5.60 Å². The molecule has 5 heteroatoms. The van der Waals surface area contributed by atoms with Crippen molar-refractivity contribution in [2.75, 3.05) is 18.5 Å². The highest BCUT2D eigenvalue weighted by Crippen LogP contribution is 2.24. The fourth-order valence-electron chi connectivity index (χ4n) is 1.95. The molecule has 1 N–H and O–H groups in total. The normalized spacial score (nSPS) is 13.0. The zero-order valence-electron chi connectivity index (χ0n) is 14.4. The molecule has 0 aromatic heterocycles. The van der Waals surface area contributed by atoms with E-state index >= 15 is 0 Å². The van der Waals surface area contributed by atoms with E-state index in [9.17, 15) is 10.1 Å². The lowest BCUT2D eigenvalue weighted by Crippen LogP contribution is -2.42. The molecule has 0 spiro atoms. The van der Waals surface area contributed by atoms with Gasteiger partial charge in [-0.25, -0.2) is 0 Å². The van der Waals surface area contributed by atoms with Crippen LogP contribution >= 0.6 is 0 Å². The average Bonchev–Trinajstić information content (AvgIpc) is 2.58. The summed E-state index contributed by atoms with van der Waals surface area (Å²) in [7, 11) is 0. The third-order valence-corrected chi connectivity index (χ3v) is 3.60. The largest absolute Gasteiger partial charge is 0.492 e. The van der Waals surface area contributed by atoms with Gasteiger partial charge in [-0.15, -0.1) is 0 Å². The Morgan fingerprint density at radius 1 is 1.26 bits per heavy atom. The summed E-state index contributed by atoms with van der Waals surface area (Å²) in [6.45, 7) is 8.79. The molecule has 1 atom stereocenters. The smallest absolute Gasteiger partial charge is 0.256 e. The number of carbonyl (C=O) groups is 1. The number of benzene rings is 1. The van der Waals surface area contributed by atoms with Crippen LogP contribution in [0.15, 0.2) is 18.2 Å². The Bertz CT molecular complexity index is 566. The Morgan fingerprint density at radius 2 is 1.96 bits per heavy atom. The molecular formula is C18H26N2O3. The van der Waals surface area contributed by atoms with Gasteiger partial charge in [-0.05, 0) is 44.4 Å². The van der Waals surface area contributed by atoms with Crippen molar-refractivity contribution in [3.8, 4) is 11.8 Å². The van der Waals surface area contributed by atoms with Gasteiger partial charge in [0.1, 0.15) is 17.4 Å². The number of nitriles is 1. The SMILES string of the molecule is CCCOc1ccc(NC(=O)C(C)(CC)OCCC)cc1C#N. The van der Waals surface area contributed by atoms with Crippen molar-refractivity contribution in [1.29, 1.82) is 5.26 Å². The van der Waals surface area contributed by atoms with Gasteiger partial charge in [0.2, 0.25) is 0 Å². The Labute approximate surface area is 138 Å². The minimum absolute atomic E-state index is 0.209. The van der Waals surface area contributed by atoms with E-state index in [0.29, 0.717) is 36.6 Å². The van der Waals surface area contributed by atoms with Crippen LogP contribution < -0.4 is 10.1 Å². The maximum absolute atomic E-state index is 12.5. The molecule has 1 unspecified atom stereocenters. The monoisotopic (exact) mass is 318 g/mol. The van der Waals surface area contributed by atoms with Gasteiger partial charge in [-0.3, -0.25) is 4.79 Å². The lowest BCUT2D eigenvalue weighted by atomic mass is 10.0. The van der Waals surface area contributed by atoms with Crippen LogP contribution in [0.2, 0.25) is 0 Å². The van der Waals surface area contributed by atoms with Gasteiger partial charge >= 0.3 is 0 Å². The Kier molecular flexibility index (Phi) is 7.56. The number of nitrogens with one attached hydrogen (secondary N) is 1. The van der Waals surface area contributed by atoms with Crippen LogP contribution in [-0.2, 0) is 9.53 Å². The molecular weight excluding hydrogens is 292 g/mol. The van der Waals surface area contributed by atoms with E-state index in [1.165, 1.54) is 0 Å². The molecule has 1 aromatic rings. The van der Waals surface area contributed by atoms with Crippen molar-refractivity contribution in [2.45, 2.75) is 52.6 Å². The van der Waals surface area contributed by atoms with Crippen molar-refractivity contribution in [2.24, 2.45) is 0 Å². The fourth-order valence-corrected chi connectivity index (χ4v) is 1.95. The van der Waals surface area contributed by atoms with Crippen molar-refractivity contribution in [3.63, 3.8) is 0 Å². The second kappa shape index (κ2) is 9.16. The number of nitrogens with zero attached hydrogens (tertiary/aromatic N) is 1. The number of anilines is 1. The quantitative estimate of drug-likeness (QED) is 0.750. The molecule has 0 aliphatic rings. The summed E-state index contributed by atoms with van der Waals surface area (Å²) < 4.78 is 11.2. The molecule has 0 fully saturated rings. The maximum Gasteiger partial charge on any atom is 0.256 e. The van der Waals surface area contributed by atoms with Gasteiger partial charge in [0, 0.05) is 12.3 Å². The van der Waals surface area contributed by atoms with Crippen LogP contribution in [0, 0.1) is 11.3 Å². The minimum atomic E-state index is -0.875. The van der Waals surface area contributed by atoms with Gasteiger partial charge < -0.3 is 14.8 Å². The molecule has 1 aromatic carbocycles. The number of amides is 1. The van der Waals surface area contributed by atoms with Crippen LogP contribution in [0.4, 0.5) is 5.69 Å². The van der Waals surface area contributed by atoms with Crippen LogP contribution in [0.1, 0.15) is 52.5 Å². The zero-order chi connectivity index (χ0) is 17.3. The number of hydrogen-bond donors (Lipinski definition) is 1. The Morgan fingerprint density at radius 3 is 2.52 bits per heavy atom. The lowest BCUT2D eigenvalue weighted by molar-refractivity contribution is -0.139. The van der Waals surface area contributed by atoms with Crippen molar-refractivity contribution in [3.05, 3.63) is 23.8 Å². The van der Waals surface area contributed by atoms with E-state index in [2.05, 4.69) is 11.4 Å². The molecule has 0 radical (unpaired) electrons. The van der Waals surface area contributed by atoms with Crippen molar-refractivity contribution < 1.29 is 14.3 Å². The predicted molar refractivity (Wildman–Crippen MR) is 90.5 cm³/mol. The van der Waals surface area contributed by atoms with Gasteiger partial charge in [0.15, 0.2) is 0 Å². The first-order valence-electron chi connectivity index (χ1n) is 8.13. The van der Waals surface area contributed by atoms with E-state index in [1.807, 2.05) is 20.8 Å². The van der Waals surface area contributed by atoms with Crippen molar-refractivity contribution in [1.82, 2.24) is 0 Å². The van der Waals surface area contributed by atoms with Gasteiger partial charge in [0.25, 0.3) is 5.91 Å². The third-order valence-electron chi connectivity index (χ3n) is 3.60. The summed E-state index contributed by atoms with van der Waals surface area (Å²) in [5.74, 6) is 0.326. The van der Waals surface area contributed by atoms with Gasteiger partial charge in [0.05, 0.1) is 12.2 Å². The second-order valence-corrected chi connectivity index (χ2v) is 5.56. The number of ether oxygens (including phenoxy) is 2. The van der Waals surface area contributed by atoms with Crippen LogP contribution in [0.3, 0.4) is 0 Å². The molecule has 1 rings (SSSR count). The van der Waals surface area contributed by atoms with E-state index in [1.54, 1.807) is 25.1 Å². The van der Waals surface area contributed by atoms with E-state index in [-0.39, 0.29) is 5.91 Å². The first kappa shape index (κ1) is 19.0. The molecule has 0 heterocycles. The highest BCUT2D eigenvalue weighted by molar-refractivity contribution is 5.97. The van der Waals surface area contributed by atoms with Crippen molar-refractivity contribution >= 4 is 11.6 Å². The first-order chi connectivity index (χ1) is 11.0. The molecule has 0 aliphatic carbocycles. The summed E-state index contributed by atoms with van der Waals surface area (Å²) in [5.41, 5.74) is 0.0966. The topological polar surface area (TPSA) is 71.3 Å². The van der Waals surface area contributed by atoms with Crippen LogP contribution in [0.5, 0.6) is 5.75 Å². The molecule has 126 valence electrons. The summed E-state index contributed by atoms with van der Waals surface area (Å²) in [6, 6.07) is 7.17. The number of carbonyl (C=O) groups excluding carboxylic acids is 1. The van der Waals surface area contributed by atoms with Gasteiger partial charge in [-0.2, -0.15) is 5.26 Å². The van der Waals surface area contributed by atoms with Crippen LogP contribution in [-0.4, -0.2) is 24.7 Å². The second-order valence-electron chi connectivity index (χ2n) is 5.56. The highest BCUT2D eigenvalue weighted by Gasteiger charge is 2.32. The number of rotatable bonds is 9.